The van der Waals surface area contributed by atoms with Crippen LogP contribution in [-0.2, 0) is 21.4 Å². The summed E-state index contributed by atoms with van der Waals surface area (Å²) >= 11 is 0. The van der Waals surface area contributed by atoms with Crippen molar-refractivity contribution in [3.8, 4) is 0 Å². The van der Waals surface area contributed by atoms with Gasteiger partial charge in [0.15, 0.2) is 0 Å². The number of benzene rings is 1. The van der Waals surface area contributed by atoms with Gasteiger partial charge in [0, 0.05) is 54.8 Å². The van der Waals surface area contributed by atoms with Gasteiger partial charge in [0.05, 0.1) is 30.6 Å². The van der Waals surface area contributed by atoms with Gasteiger partial charge in [0.25, 0.3) is 0 Å². The Labute approximate surface area is 231 Å². The molecular weight excluding hydrogens is 490 g/mol. The first-order chi connectivity index (χ1) is 18.9. The van der Waals surface area contributed by atoms with Gasteiger partial charge in [-0.05, 0) is 70.1 Å². The average molecular weight is 530 g/mol. The SMILES string of the molecule is CNCc1cccc(N2c3nc(Nc4ccc(N5CCCOCC5)cc4)ncc3[C@@]3(C)COC(C)(C)CC23)n1. The van der Waals surface area contributed by atoms with Crippen LogP contribution in [0.3, 0.4) is 0 Å². The second-order valence-electron chi connectivity index (χ2n) is 11.6. The highest BCUT2D eigenvalue weighted by atomic mass is 16.5. The Morgan fingerprint density at radius 2 is 1.87 bits per heavy atom. The van der Waals surface area contributed by atoms with Gasteiger partial charge in [-0.25, -0.2) is 9.97 Å². The summed E-state index contributed by atoms with van der Waals surface area (Å²) in [7, 11) is 1.94. The minimum atomic E-state index is -0.234. The van der Waals surface area contributed by atoms with Crippen molar-refractivity contribution in [3.63, 3.8) is 0 Å². The Bertz CT molecular complexity index is 1310. The number of aromatic nitrogens is 3. The van der Waals surface area contributed by atoms with Crippen molar-refractivity contribution in [3.05, 3.63) is 59.9 Å². The smallest absolute Gasteiger partial charge is 0.229 e. The zero-order chi connectivity index (χ0) is 27.0. The number of nitrogens with zero attached hydrogens (tertiary/aromatic N) is 5. The van der Waals surface area contributed by atoms with Crippen LogP contribution in [0, 0.1) is 0 Å². The fourth-order valence-electron chi connectivity index (χ4n) is 6.03. The van der Waals surface area contributed by atoms with Crippen molar-refractivity contribution in [2.75, 3.05) is 55.1 Å². The van der Waals surface area contributed by atoms with Gasteiger partial charge in [-0.1, -0.05) is 13.0 Å². The number of anilines is 5. The molecular formula is C30H39N7O2. The summed E-state index contributed by atoms with van der Waals surface area (Å²) in [5.74, 6) is 2.38. The van der Waals surface area contributed by atoms with Crippen LogP contribution in [-0.4, -0.2) is 66.6 Å². The molecule has 2 N–H and O–H groups in total. The maximum atomic E-state index is 6.34. The van der Waals surface area contributed by atoms with E-state index in [-0.39, 0.29) is 17.1 Å². The predicted molar refractivity (Wildman–Crippen MR) is 154 cm³/mol. The lowest BCUT2D eigenvalue weighted by Gasteiger charge is -2.46. The first-order valence-electron chi connectivity index (χ1n) is 14.0. The van der Waals surface area contributed by atoms with Crippen molar-refractivity contribution in [1.82, 2.24) is 20.3 Å². The van der Waals surface area contributed by atoms with E-state index in [0.717, 1.165) is 67.7 Å². The monoisotopic (exact) mass is 529 g/mol. The first kappa shape index (κ1) is 26.0. The molecule has 0 radical (unpaired) electrons. The molecule has 1 unspecified atom stereocenters. The molecule has 2 fully saturated rings. The van der Waals surface area contributed by atoms with Gasteiger partial charge >= 0.3 is 0 Å². The lowest BCUT2D eigenvalue weighted by Crippen LogP contribution is -2.54. The van der Waals surface area contributed by atoms with E-state index in [2.05, 4.69) is 83.7 Å². The van der Waals surface area contributed by atoms with Gasteiger partial charge in [-0.15, -0.1) is 0 Å². The standard InChI is InChI=1S/C30H39N7O2/c1-29(2)17-25-30(3,20-39-29)24-19-32-28(35-27(24)37(25)26-8-5-7-22(33-26)18-31-4)34-21-9-11-23(12-10-21)36-13-6-15-38-16-14-36/h5,7-12,19,25,31H,6,13-18,20H2,1-4H3,(H,32,34,35)/t25?,30-/m1/s1. The van der Waals surface area contributed by atoms with Crippen LogP contribution < -0.4 is 20.4 Å². The van der Waals surface area contributed by atoms with E-state index in [0.29, 0.717) is 19.1 Å². The highest BCUT2D eigenvalue weighted by Gasteiger charge is 2.55. The molecule has 3 aliphatic heterocycles. The quantitative estimate of drug-likeness (QED) is 0.478. The number of hydrogen-bond donors (Lipinski definition) is 2. The summed E-state index contributed by atoms with van der Waals surface area (Å²) in [5.41, 5.74) is 3.80. The predicted octanol–water partition coefficient (Wildman–Crippen LogP) is 4.54. The minimum absolute atomic E-state index is 0.162. The van der Waals surface area contributed by atoms with E-state index >= 15 is 0 Å². The Balaban J connectivity index is 1.32. The molecule has 3 aliphatic rings. The van der Waals surface area contributed by atoms with Gasteiger partial charge in [0.2, 0.25) is 5.95 Å². The normalized spacial score (nSPS) is 24.2. The molecule has 0 aliphatic carbocycles. The summed E-state index contributed by atoms with van der Waals surface area (Å²) in [6.07, 6.45) is 3.89. The largest absolute Gasteiger partial charge is 0.380 e. The fourth-order valence-corrected chi connectivity index (χ4v) is 6.03. The lowest BCUT2D eigenvalue weighted by molar-refractivity contribution is -0.0893. The number of rotatable bonds is 6. The topological polar surface area (TPSA) is 87.7 Å². The number of ether oxygens (including phenoxy) is 2. The number of pyridine rings is 1. The molecule has 9 heteroatoms. The highest BCUT2D eigenvalue weighted by Crippen LogP contribution is 2.52. The van der Waals surface area contributed by atoms with Gasteiger partial charge < -0.3 is 29.9 Å². The van der Waals surface area contributed by atoms with E-state index in [9.17, 15) is 0 Å². The molecule has 2 saturated heterocycles. The molecule has 5 heterocycles. The molecule has 2 atom stereocenters. The molecule has 0 amide bonds. The molecule has 3 aromatic rings. The minimum Gasteiger partial charge on any atom is -0.380 e. The molecule has 206 valence electrons. The van der Waals surface area contributed by atoms with E-state index in [1.165, 1.54) is 5.69 Å². The molecule has 0 spiro atoms. The van der Waals surface area contributed by atoms with Crippen LogP contribution in [0.4, 0.5) is 29.0 Å². The van der Waals surface area contributed by atoms with Crippen molar-refractivity contribution < 1.29 is 9.47 Å². The van der Waals surface area contributed by atoms with Gasteiger partial charge in [-0.2, -0.15) is 4.98 Å². The third kappa shape index (κ3) is 5.06. The van der Waals surface area contributed by atoms with Crippen molar-refractivity contribution in [1.29, 1.82) is 0 Å². The van der Waals surface area contributed by atoms with Crippen LogP contribution in [0.2, 0.25) is 0 Å². The first-order valence-corrected chi connectivity index (χ1v) is 14.0. The number of hydrogen-bond acceptors (Lipinski definition) is 9. The highest BCUT2D eigenvalue weighted by molar-refractivity contribution is 5.71. The molecule has 0 bridgehead atoms. The van der Waals surface area contributed by atoms with Crippen LogP contribution in [0.15, 0.2) is 48.7 Å². The molecule has 0 saturated carbocycles. The zero-order valence-electron chi connectivity index (χ0n) is 23.4. The van der Waals surface area contributed by atoms with Crippen molar-refractivity contribution >= 4 is 29.0 Å². The Morgan fingerprint density at radius 1 is 1.03 bits per heavy atom. The van der Waals surface area contributed by atoms with Crippen molar-refractivity contribution in [2.45, 2.75) is 57.2 Å². The maximum Gasteiger partial charge on any atom is 0.229 e. The van der Waals surface area contributed by atoms with Crippen LogP contribution >= 0.6 is 0 Å². The van der Waals surface area contributed by atoms with Crippen LogP contribution in [0.25, 0.3) is 0 Å². The van der Waals surface area contributed by atoms with E-state index in [1.54, 1.807) is 0 Å². The molecule has 1 aromatic carbocycles. The summed E-state index contributed by atoms with van der Waals surface area (Å²) in [5, 5.41) is 6.65. The summed E-state index contributed by atoms with van der Waals surface area (Å²) in [6, 6.07) is 14.9. The summed E-state index contributed by atoms with van der Waals surface area (Å²) < 4.78 is 11.9. The van der Waals surface area contributed by atoms with E-state index in [4.69, 9.17) is 24.4 Å². The Kier molecular flexibility index (Phi) is 6.91. The third-order valence-electron chi connectivity index (χ3n) is 8.21. The second-order valence-corrected chi connectivity index (χ2v) is 11.6. The molecule has 9 nitrogen and oxygen atoms in total. The zero-order valence-corrected chi connectivity index (χ0v) is 23.4. The van der Waals surface area contributed by atoms with Crippen LogP contribution in [0.5, 0.6) is 0 Å². The summed E-state index contributed by atoms with van der Waals surface area (Å²) in [6.45, 7) is 11.5. The third-order valence-corrected chi connectivity index (χ3v) is 8.21. The average Bonchev–Trinajstić information content (AvgIpc) is 3.08. The van der Waals surface area contributed by atoms with Crippen LogP contribution in [0.1, 0.15) is 44.9 Å². The Morgan fingerprint density at radius 3 is 2.69 bits per heavy atom. The number of fused-ring (bicyclic) bond motifs is 3. The summed E-state index contributed by atoms with van der Waals surface area (Å²) in [4.78, 5) is 19.6. The second kappa shape index (κ2) is 10.4. The van der Waals surface area contributed by atoms with E-state index < -0.39 is 0 Å². The van der Waals surface area contributed by atoms with Gasteiger partial charge in [0.1, 0.15) is 11.6 Å². The lowest BCUT2D eigenvalue weighted by atomic mass is 9.73. The molecule has 39 heavy (non-hydrogen) atoms. The maximum absolute atomic E-state index is 6.34. The molecule has 6 rings (SSSR count). The Hall–Kier alpha value is -3.27. The number of nitrogens with one attached hydrogen (secondary N) is 2. The van der Waals surface area contributed by atoms with Crippen molar-refractivity contribution in [2.24, 2.45) is 0 Å². The van der Waals surface area contributed by atoms with E-state index in [1.807, 2.05) is 13.2 Å². The fraction of sp³-hybridized carbons (Fsp3) is 0.500. The molecule has 2 aromatic heterocycles. The van der Waals surface area contributed by atoms with Gasteiger partial charge in [-0.3, -0.25) is 0 Å².